The zero-order valence-corrected chi connectivity index (χ0v) is 11.8. The van der Waals surface area contributed by atoms with Crippen LogP contribution in [0.5, 0.6) is 11.5 Å². The van der Waals surface area contributed by atoms with Crippen molar-refractivity contribution >= 4 is 23.1 Å². The molecule has 0 spiro atoms. The van der Waals surface area contributed by atoms with Crippen molar-refractivity contribution in [2.75, 3.05) is 0 Å². The molecule has 0 radical (unpaired) electrons. The van der Waals surface area contributed by atoms with E-state index in [1.54, 1.807) is 0 Å². The first-order chi connectivity index (χ1) is 8.86. The number of hydrogen-bond donors (Lipinski definition) is 4. The lowest BCUT2D eigenvalue weighted by atomic mass is 9.92. The second-order valence-corrected chi connectivity index (χ2v) is 4.75. The fraction of sp³-hybridized carbons (Fsp3) is 0.385. The van der Waals surface area contributed by atoms with Crippen LogP contribution in [0.2, 0.25) is 0 Å². The van der Waals surface area contributed by atoms with Gasteiger partial charge in [-0.05, 0) is 31.0 Å². The summed E-state index contributed by atoms with van der Waals surface area (Å²) in [5, 5.41) is 21.8. The minimum absolute atomic E-state index is 0.0116. The van der Waals surface area contributed by atoms with Crippen LogP contribution in [0.25, 0.3) is 0 Å². The normalized spacial score (nSPS) is 11.1. The van der Waals surface area contributed by atoms with E-state index < -0.39 is 11.4 Å². The average Bonchev–Trinajstić information content (AvgIpc) is 2.38. The first kappa shape index (κ1) is 15.2. The molecule has 5 N–H and O–H groups in total. The molecule has 1 aromatic carbocycles. The summed E-state index contributed by atoms with van der Waals surface area (Å²) < 4.78 is 0. The van der Waals surface area contributed by atoms with Gasteiger partial charge in [0.05, 0.1) is 16.1 Å². The number of nitrogens with two attached hydrogens (primary N) is 1. The number of benzene rings is 1. The molecule has 0 aliphatic rings. The van der Waals surface area contributed by atoms with Gasteiger partial charge < -0.3 is 21.3 Å². The van der Waals surface area contributed by atoms with Gasteiger partial charge in [-0.1, -0.05) is 26.1 Å². The third-order valence-electron chi connectivity index (χ3n) is 3.26. The number of amides is 1. The summed E-state index contributed by atoms with van der Waals surface area (Å²) >= 11 is 5.01. The zero-order valence-electron chi connectivity index (χ0n) is 10.9. The number of aromatic hydroxyl groups is 2. The Morgan fingerprint density at radius 1 is 1.37 bits per heavy atom. The fourth-order valence-electron chi connectivity index (χ4n) is 1.83. The summed E-state index contributed by atoms with van der Waals surface area (Å²) in [6.45, 7) is 3.73. The maximum Gasteiger partial charge on any atom is 0.255 e. The molecule has 0 fully saturated rings. The number of rotatable bonds is 5. The second kappa shape index (κ2) is 5.88. The lowest BCUT2D eigenvalue weighted by molar-refractivity contribution is 0.0916. The van der Waals surface area contributed by atoms with Crippen LogP contribution >= 0.6 is 12.2 Å². The Morgan fingerprint density at radius 3 is 2.42 bits per heavy atom. The van der Waals surface area contributed by atoms with Gasteiger partial charge in [-0.2, -0.15) is 0 Å². The van der Waals surface area contributed by atoms with Gasteiger partial charge in [0.2, 0.25) is 0 Å². The Labute approximate surface area is 117 Å². The van der Waals surface area contributed by atoms with Crippen molar-refractivity contribution in [1.29, 1.82) is 0 Å². The number of phenolic OH excluding ortho intramolecular Hbond substituents is 2. The van der Waals surface area contributed by atoms with Gasteiger partial charge >= 0.3 is 0 Å². The van der Waals surface area contributed by atoms with Gasteiger partial charge in [-0.3, -0.25) is 4.79 Å². The molecule has 104 valence electrons. The Balaban J connectivity index is 3.07. The third-order valence-corrected chi connectivity index (χ3v) is 3.65. The molecule has 1 amide bonds. The Morgan fingerprint density at radius 2 is 1.95 bits per heavy atom. The molecule has 1 rings (SSSR count). The Kier molecular flexibility index (Phi) is 4.72. The van der Waals surface area contributed by atoms with Crippen LogP contribution in [0.15, 0.2) is 18.2 Å². The molecule has 0 aromatic heterocycles. The molecule has 0 unspecified atom stereocenters. The molecule has 6 heteroatoms. The number of carbonyl (C=O) groups excluding carboxylic acids is 1. The van der Waals surface area contributed by atoms with Crippen molar-refractivity contribution in [3.63, 3.8) is 0 Å². The number of thiocarbonyl (C=S) groups is 1. The van der Waals surface area contributed by atoms with Crippen LogP contribution in [-0.2, 0) is 0 Å². The average molecular weight is 282 g/mol. The van der Waals surface area contributed by atoms with Gasteiger partial charge in [-0.15, -0.1) is 0 Å². The van der Waals surface area contributed by atoms with E-state index in [1.807, 2.05) is 13.8 Å². The van der Waals surface area contributed by atoms with Crippen LogP contribution < -0.4 is 11.1 Å². The summed E-state index contributed by atoms with van der Waals surface area (Å²) in [5.74, 6) is -0.832. The van der Waals surface area contributed by atoms with Gasteiger partial charge in [0.15, 0.2) is 0 Å². The van der Waals surface area contributed by atoms with Crippen LogP contribution in [0, 0.1) is 0 Å². The largest absolute Gasteiger partial charge is 0.508 e. The van der Waals surface area contributed by atoms with Crippen LogP contribution in [0.1, 0.15) is 37.0 Å². The summed E-state index contributed by atoms with van der Waals surface area (Å²) in [5.41, 5.74) is 4.89. The number of phenols is 2. The highest BCUT2D eigenvalue weighted by molar-refractivity contribution is 7.80. The standard InChI is InChI=1S/C13H18N2O3S/c1-3-13(4-2,12(14)19)15-11(18)9-7-8(16)5-6-10(9)17/h5-7,16-17H,3-4H2,1-2H3,(H2,14,19)(H,15,18). The predicted molar refractivity (Wildman–Crippen MR) is 77.3 cm³/mol. The van der Waals surface area contributed by atoms with Gasteiger partial charge in [-0.25, -0.2) is 0 Å². The lowest BCUT2D eigenvalue weighted by Gasteiger charge is -2.31. The highest BCUT2D eigenvalue weighted by Gasteiger charge is 2.32. The van der Waals surface area contributed by atoms with Crippen molar-refractivity contribution in [3.8, 4) is 11.5 Å². The molecule has 0 saturated carbocycles. The van der Waals surface area contributed by atoms with Gasteiger partial charge in [0.25, 0.3) is 5.91 Å². The van der Waals surface area contributed by atoms with E-state index in [9.17, 15) is 15.0 Å². The van der Waals surface area contributed by atoms with E-state index in [0.29, 0.717) is 12.8 Å². The molecule has 0 aliphatic carbocycles. The monoisotopic (exact) mass is 282 g/mol. The highest BCUT2D eigenvalue weighted by atomic mass is 32.1. The topological polar surface area (TPSA) is 95.6 Å². The number of nitrogens with one attached hydrogen (secondary N) is 1. The van der Waals surface area contributed by atoms with E-state index >= 15 is 0 Å². The van der Waals surface area contributed by atoms with Gasteiger partial charge in [0, 0.05) is 0 Å². The highest BCUT2D eigenvalue weighted by Crippen LogP contribution is 2.24. The van der Waals surface area contributed by atoms with Crippen molar-refractivity contribution in [1.82, 2.24) is 5.32 Å². The van der Waals surface area contributed by atoms with Crippen molar-refractivity contribution in [3.05, 3.63) is 23.8 Å². The first-order valence-electron chi connectivity index (χ1n) is 6.00. The molecular formula is C13H18N2O3S. The fourth-order valence-corrected chi connectivity index (χ4v) is 2.17. The summed E-state index contributed by atoms with van der Waals surface area (Å²) in [6, 6.07) is 3.75. The molecule has 0 saturated heterocycles. The molecule has 0 heterocycles. The lowest BCUT2D eigenvalue weighted by Crippen LogP contribution is -2.55. The first-order valence-corrected chi connectivity index (χ1v) is 6.41. The molecule has 0 atom stereocenters. The summed E-state index contributed by atoms with van der Waals surface area (Å²) in [6.07, 6.45) is 1.09. The molecule has 0 aliphatic heterocycles. The number of carbonyl (C=O) groups is 1. The number of hydrogen-bond acceptors (Lipinski definition) is 4. The van der Waals surface area contributed by atoms with E-state index in [2.05, 4.69) is 5.32 Å². The predicted octanol–water partition coefficient (Wildman–Crippen LogP) is 1.67. The van der Waals surface area contributed by atoms with E-state index in [-0.39, 0.29) is 22.1 Å². The molecule has 0 bridgehead atoms. The maximum absolute atomic E-state index is 12.2. The minimum atomic E-state index is -0.787. The van der Waals surface area contributed by atoms with Crippen molar-refractivity contribution in [2.24, 2.45) is 5.73 Å². The third kappa shape index (κ3) is 3.14. The second-order valence-electron chi connectivity index (χ2n) is 4.31. The molecule has 1 aromatic rings. The molecule has 19 heavy (non-hydrogen) atoms. The van der Waals surface area contributed by atoms with Crippen LogP contribution in [0.4, 0.5) is 0 Å². The SMILES string of the molecule is CCC(CC)(NC(=O)c1cc(O)ccc1O)C(N)=S. The minimum Gasteiger partial charge on any atom is -0.508 e. The van der Waals surface area contributed by atoms with E-state index in [1.165, 1.54) is 18.2 Å². The Hall–Kier alpha value is -1.82. The summed E-state index contributed by atoms with van der Waals surface area (Å²) in [7, 11) is 0. The van der Waals surface area contributed by atoms with Crippen molar-refractivity contribution in [2.45, 2.75) is 32.2 Å². The van der Waals surface area contributed by atoms with E-state index in [0.717, 1.165) is 0 Å². The van der Waals surface area contributed by atoms with E-state index in [4.69, 9.17) is 18.0 Å². The van der Waals surface area contributed by atoms with Gasteiger partial charge in [0.1, 0.15) is 11.5 Å². The quantitative estimate of drug-likeness (QED) is 0.487. The summed E-state index contributed by atoms with van der Waals surface area (Å²) in [4.78, 5) is 12.4. The maximum atomic E-state index is 12.2. The molecule has 5 nitrogen and oxygen atoms in total. The van der Waals surface area contributed by atoms with Crippen LogP contribution in [0.3, 0.4) is 0 Å². The van der Waals surface area contributed by atoms with Crippen molar-refractivity contribution < 1.29 is 15.0 Å². The molecular weight excluding hydrogens is 264 g/mol. The smallest absolute Gasteiger partial charge is 0.255 e. The Bertz CT molecular complexity index is 499. The van der Waals surface area contributed by atoms with Crippen LogP contribution in [-0.4, -0.2) is 26.6 Å². The zero-order chi connectivity index (χ0) is 14.6.